The van der Waals surface area contributed by atoms with Crippen molar-refractivity contribution in [2.45, 2.75) is 12.3 Å². The highest BCUT2D eigenvalue weighted by Crippen LogP contribution is 2.50. The number of carbonyl (C=O) groups is 2. The van der Waals surface area contributed by atoms with Crippen molar-refractivity contribution in [1.82, 2.24) is 0 Å². The molecule has 0 fully saturated rings. The van der Waals surface area contributed by atoms with Crippen LogP contribution < -0.4 is 16.0 Å². The second kappa shape index (κ2) is 9.22. The first-order valence-corrected chi connectivity index (χ1v) is 11.9. The molecule has 0 bridgehead atoms. The first-order valence-electron chi connectivity index (χ1n) is 11.1. The molecule has 4 aromatic carbocycles. The number of phenols is 1. The van der Waals surface area contributed by atoms with Gasteiger partial charge in [0, 0.05) is 28.6 Å². The van der Waals surface area contributed by atoms with Crippen LogP contribution in [0.25, 0.3) is 0 Å². The van der Waals surface area contributed by atoms with Crippen LogP contribution in [0.5, 0.6) is 5.75 Å². The van der Waals surface area contributed by atoms with E-state index < -0.39 is 11.4 Å². The number of aryl methyl sites for hydroxylation is 1. The third-order valence-electron chi connectivity index (χ3n) is 6.29. The van der Waals surface area contributed by atoms with Crippen LogP contribution in [0.4, 0.5) is 21.9 Å². The van der Waals surface area contributed by atoms with Crippen LogP contribution in [0.15, 0.2) is 84.9 Å². The van der Waals surface area contributed by atoms with Gasteiger partial charge in [-0.3, -0.25) is 4.79 Å². The van der Waals surface area contributed by atoms with E-state index in [1.165, 1.54) is 12.1 Å². The first kappa shape index (κ1) is 23.7. The van der Waals surface area contributed by atoms with Crippen molar-refractivity contribution >= 4 is 52.2 Å². The van der Waals surface area contributed by atoms with Gasteiger partial charge in [-0.1, -0.05) is 71.7 Å². The summed E-state index contributed by atoms with van der Waals surface area (Å²) in [4.78, 5) is 26.8. The highest BCUT2D eigenvalue weighted by molar-refractivity contribution is 6.42. The standard InChI is InChI=1S/C28H21Cl2N3O3/c1-16-13-20(24(15-25(16)34)33-27(36)31-18-11-12-21(29)22(30)14-18)28(17-7-3-2-4-8-17)19-9-5-6-10-23(19)32-26(28)35/h2-15,34H,1H3,(H,32,35)(H2,31,33,36). The van der Waals surface area contributed by atoms with Crippen molar-refractivity contribution in [1.29, 1.82) is 0 Å². The van der Waals surface area contributed by atoms with Gasteiger partial charge in [0.2, 0.25) is 5.91 Å². The Morgan fingerprint density at radius 1 is 0.861 bits per heavy atom. The molecule has 0 spiro atoms. The number of hydrogen-bond acceptors (Lipinski definition) is 3. The zero-order valence-corrected chi connectivity index (χ0v) is 20.6. The first-order chi connectivity index (χ1) is 17.3. The number of carbonyl (C=O) groups excluding carboxylic acids is 2. The highest BCUT2D eigenvalue weighted by atomic mass is 35.5. The Labute approximate surface area is 217 Å². The van der Waals surface area contributed by atoms with Gasteiger partial charge < -0.3 is 21.1 Å². The fraction of sp³-hybridized carbons (Fsp3) is 0.0714. The van der Waals surface area contributed by atoms with E-state index in [2.05, 4.69) is 16.0 Å². The zero-order valence-electron chi connectivity index (χ0n) is 19.1. The Balaban J connectivity index is 1.66. The number of para-hydroxylation sites is 1. The molecular formula is C28H21Cl2N3O3. The minimum Gasteiger partial charge on any atom is -0.508 e. The molecule has 6 nitrogen and oxygen atoms in total. The third-order valence-corrected chi connectivity index (χ3v) is 7.03. The van der Waals surface area contributed by atoms with Crippen LogP contribution in [-0.4, -0.2) is 17.0 Å². The summed E-state index contributed by atoms with van der Waals surface area (Å²) in [6.45, 7) is 1.75. The number of rotatable bonds is 4. The smallest absolute Gasteiger partial charge is 0.323 e. The maximum Gasteiger partial charge on any atom is 0.323 e. The summed E-state index contributed by atoms with van der Waals surface area (Å²) in [5.41, 5.74) is 2.70. The Morgan fingerprint density at radius 3 is 2.33 bits per heavy atom. The minimum absolute atomic E-state index is 0.0153. The van der Waals surface area contributed by atoms with E-state index >= 15 is 0 Å². The monoisotopic (exact) mass is 517 g/mol. The quantitative estimate of drug-likeness (QED) is 0.236. The van der Waals surface area contributed by atoms with Gasteiger partial charge in [0.05, 0.1) is 15.7 Å². The molecule has 0 aromatic heterocycles. The van der Waals surface area contributed by atoms with Crippen LogP contribution in [0, 0.1) is 6.92 Å². The third kappa shape index (κ3) is 3.94. The van der Waals surface area contributed by atoms with E-state index in [4.69, 9.17) is 23.2 Å². The lowest BCUT2D eigenvalue weighted by Gasteiger charge is -2.31. The van der Waals surface area contributed by atoms with E-state index in [-0.39, 0.29) is 17.3 Å². The summed E-state index contributed by atoms with van der Waals surface area (Å²) in [6, 6.07) is 24.2. The summed E-state index contributed by atoms with van der Waals surface area (Å²) in [5.74, 6) is -0.272. The van der Waals surface area contributed by atoms with E-state index in [0.29, 0.717) is 32.5 Å². The highest BCUT2D eigenvalue weighted by Gasteiger charge is 2.51. The SMILES string of the molecule is Cc1cc(C2(c3ccccc3)C(=O)Nc3ccccc32)c(NC(=O)Nc2ccc(Cl)c(Cl)c2)cc1O. The molecule has 5 rings (SSSR count). The van der Waals surface area contributed by atoms with Gasteiger partial charge in [-0.2, -0.15) is 0 Å². The number of phenolic OH excluding ortho intramolecular Hbond substituents is 1. The molecule has 1 heterocycles. The van der Waals surface area contributed by atoms with Crippen molar-refractivity contribution in [3.8, 4) is 5.75 Å². The maximum atomic E-state index is 13.8. The van der Waals surface area contributed by atoms with Crippen LogP contribution in [0.1, 0.15) is 22.3 Å². The topological polar surface area (TPSA) is 90.5 Å². The number of anilines is 3. The van der Waals surface area contributed by atoms with Crippen molar-refractivity contribution in [2.24, 2.45) is 0 Å². The van der Waals surface area contributed by atoms with Crippen molar-refractivity contribution in [3.63, 3.8) is 0 Å². The number of urea groups is 1. The van der Waals surface area contributed by atoms with Crippen LogP contribution in [-0.2, 0) is 10.2 Å². The molecule has 36 heavy (non-hydrogen) atoms. The molecule has 0 aliphatic carbocycles. The summed E-state index contributed by atoms with van der Waals surface area (Å²) in [6.07, 6.45) is 0. The molecule has 1 unspecified atom stereocenters. The fourth-order valence-corrected chi connectivity index (χ4v) is 4.92. The van der Waals surface area contributed by atoms with E-state index in [9.17, 15) is 14.7 Å². The molecule has 0 radical (unpaired) electrons. The minimum atomic E-state index is -1.26. The second-order valence-electron chi connectivity index (χ2n) is 8.51. The van der Waals surface area contributed by atoms with Gasteiger partial charge in [0.1, 0.15) is 11.2 Å². The lowest BCUT2D eigenvalue weighted by atomic mass is 9.69. The van der Waals surface area contributed by atoms with Crippen molar-refractivity contribution in [2.75, 3.05) is 16.0 Å². The summed E-state index contributed by atoms with van der Waals surface area (Å²) in [7, 11) is 0. The van der Waals surface area contributed by atoms with Crippen molar-refractivity contribution in [3.05, 3.63) is 117 Å². The Bertz CT molecular complexity index is 1510. The lowest BCUT2D eigenvalue weighted by Crippen LogP contribution is -2.38. The molecule has 180 valence electrons. The number of halogens is 2. The van der Waals surface area contributed by atoms with Crippen LogP contribution in [0.3, 0.4) is 0 Å². The Morgan fingerprint density at radius 2 is 1.58 bits per heavy atom. The second-order valence-corrected chi connectivity index (χ2v) is 9.32. The number of fused-ring (bicyclic) bond motifs is 1. The number of aromatic hydroxyl groups is 1. The maximum absolute atomic E-state index is 13.8. The number of nitrogens with one attached hydrogen (secondary N) is 3. The predicted octanol–water partition coefficient (Wildman–Crippen LogP) is 6.94. The van der Waals surface area contributed by atoms with Gasteiger partial charge in [-0.05, 0) is 48.4 Å². The van der Waals surface area contributed by atoms with Gasteiger partial charge in [-0.25, -0.2) is 4.79 Å². The van der Waals surface area contributed by atoms with Gasteiger partial charge >= 0.3 is 6.03 Å². The molecule has 4 N–H and O–H groups in total. The van der Waals surface area contributed by atoms with E-state index in [0.717, 1.165) is 11.1 Å². The largest absolute Gasteiger partial charge is 0.508 e. The average Bonchev–Trinajstić information content (AvgIpc) is 3.16. The molecule has 1 aliphatic rings. The fourth-order valence-electron chi connectivity index (χ4n) is 4.62. The number of hydrogen-bond donors (Lipinski definition) is 4. The number of benzene rings is 4. The summed E-state index contributed by atoms with van der Waals surface area (Å²) < 4.78 is 0. The normalized spacial score (nSPS) is 16.2. The van der Waals surface area contributed by atoms with Crippen LogP contribution in [0.2, 0.25) is 10.0 Å². The molecule has 0 saturated carbocycles. The summed E-state index contributed by atoms with van der Waals surface area (Å²) in [5, 5.41) is 19.7. The molecule has 8 heteroatoms. The molecule has 1 aliphatic heterocycles. The Kier molecular flexibility index (Phi) is 6.08. The van der Waals surface area contributed by atoms with Gasteiger partial charge in [0.25, 0.3) is 0 Å². The average molecular weight is 518 g/mol. The van der Waals surface area contributed by atoms with Gasteiger partial charge in [0.15, 0.2) is 0 Å². The molecule has 1 atom stereocenters. The van der Waals surface area contributed by atoms with E-state index in [1.807, 2.05) is 54.6 Å². The van der Waals surface area contributed by atoms with Gasteiger partial charge in [-0.15, -0.1) is 0 Å². The molecule has 3 amide bonds. The van der Waals surface area contributed by atoms with Crippen molar-refractivity contribution < 1.29 is 14.7 Å². The lowest BCUT2D eigenvalue weighted by molar-refractivity contribution is -0.118. The Hall–Kier alpha value is -4.00. The zero-order chi connectivity index (χ0) is 25.4. The van der Waals surface area contributed by atoms with E-state index in [1.54, 1.807) is 25.1 Å². The molecular weight excluding hydrogens is 497 g/mol. The molecule has 0 saturated heterocycles. The molecule has 4 aromatic rings. The number of amides is 3. The predicted molar refractivity (Wildman–Crippen MR) is 143 cm³/mol. The van der Waals surface area contributed by atoms with Crippen LogP contribution >= 0.6 is 23.2 Å². The summed E-state index contributed by atoms with van der Waals surface area (Å²) >= 11 is 12.1.